The number of aromatic nitrogens is 3. The number of hydrogen-bond donors (Lipinski definition) is 2. The number of halogens is 1. The molecule has 0 saturated heterocycles. The number of nitrogens with two attached hydrogens (primary N) is 1. The highest BCUT2D eigenvalue weighted by atomic mass is 35.5. The summed E-state index contributed by atoms with van der Waals surface area (Å²) in [4.78, 5) is 33.3. The predicted molar refractivity (Wildman–Crippen MR) is 128 cm³/mol. The van der Waals surface area contributed by atoms with Gasteiger partial charge in [-0.2, -0.15) is 0 Å². The molecule has 34 heavy (non-hydrogen) atoms. The second-order valence-corrected chi connectivity index (χ2v) is 9.82. The number of unbranched alkanes of at least 4 members (excludes halogenated alkanes) is 1. The molecule has 10 nitrogen and oxygen atoms in total. The van der Waals surface area contributed by atoms with Gasteiger partial charge in [0.25, 0.3) is 5.91 Å². The lowest BCUT2D eigenvalue weighted by Gasteiger charge is -2.18. The summed E-state index contributed by atoms with van der Waals surface area (Å²) in [5.74, 6) is -0.984. The van der Waals surface area contributed by atoms with Crippen molar-refractivity contribution in [1.29, 1.82) is 0 Å². The van der Waals surface area contributed by atoms with Crippen molar-refractivity contribution < 1.29 is 22.7 Å². The Morgan fingerprint density at radius 2 is 1.94 bits per heavy atom. The molecule has 2 heterocycles. The maximum Gasteiger partial charge on any atom is 0.338 e. The fourth-order valence-electron chi connectivity index (χ4n) is 3.37. The second-order valence-electron chi connectivity index (χ2n) is 7.57. The Balaban J connectivity index is 1.96. The Labute approximate surface area is 202 Å². The molecule has 0 fully saturated rings. The summed E-state index contributed by atoms with van der Waals surface area (Å²) in [6.07, 6.45) is 0.276. The van der Waals surface area contributed by atoms with Gasteiger partial charge in [-0.1, -0.05) is 31.0 Å². The number of hydrogen-bond acceptors (Lipinski definition) is 8. The average molecular weight is 508 g/mol. The Morgan fingerprint density at radius 1 is 1.21 bits per heavy atom. The highest BCUT2D eigenvalue weighted by Crippen LogP contribution is 2.28. The van der Waals surface area contributed by atoms with Gasteiger partial charge in [0.1, 0.15) is 23.2 Å². The van der Waals surface area contributed by atoms with Crippen LogP contribution < -0.4 is 10.5 Å². The lowest BCUT2D eigenvalue weighted by atomic mass is 10.1. The van der Waals surface area contributed by atoms with Crippen LogP contribution in [0.4, 0.5) is 0 Å². The molecule has 1 amide bonds. The van der Waals surface area contributed by atoms with Crippen LogP contribution in [-0.2, 0) is 14.8 Å². The van der Waals surface area contributed by atoms with Crippen molar-refractivity contribution >= 4 is 44.7 Å². The van der Waals surface area contributed by atoms with E-state index in [9.17, 15) is 18.0 Å². The van der Waals surface area contributed by atoms with E-state index in [4.69, 9.17) is 22.1 Å². The highest BCUT2D eigenvalue weighted by molar-refractivity contribution is 7.90. The molecular formula is C22H26ClN5O5S. The summed E-state index contributed by atoms with van der Waals surface area (Å²) in [5, 5.41) is 0.246. The Morgan fingerprint density at radius 3 is 2.59 bits per heavy atom. The van der Waals surface area contributed by atoms with Crippen LogP contribution in [0.3, 0.4) is 0 Å². The minimum Gasteiger partial charge on any atom is -0.462 e. The summed E-state index contributed by atoms with van der Waals surface area (Å²) < 4.78 is 32.8. The lowest BCUT2D eigenvalue weighted by molar-refractivity contribution is 0.0526. The van der Waals surface area contributed by atoms with Gasteiger partial charge < -0.3 is 10.5 Å². The van der Waals surface area contributed by atoms with Crippen molar-refractivity contribution in [1.82, 2.24) is 19.3 Å². The largest absolute Gasteiger partial charge is 0.462 e. The summed E-state index contributed by atoms with van der Waals surface area (Å²) in [5.41, 5.74) is 7.93. The molecule has 0 bridgehead atoms. The van der Waals surface area contributed by atoms with E-state index in [1.54, 1.807) is 36.6 Å². The first-order valence-corrected chi connectivity index (χ1v) is 12.7. The third kappa shape index (κ3) is 5.54. The first kappa shape index (κ1) is 25.6. The fourth-order valence-corrected chi connectivity index (χ4v) is 4.82. The zero-order valence-corrected chi connectivity index (χ0v) is 20.6. The highest BCUT2D eigenvalue weighted by Gasteiger charge is 2.22. The minimum atomic E-state index is -3.77. The van der Waals surface area contributed by atoms with Gasteiger partial charge >= 0.3 is 5.97 Å². The van der Waals surface area contributed by atoms with Crippen LogP contribution in [0.25, 0.3) is 11.2 Å². The number of benzene rings is 1. The van der Waals surface area contributed by atoms with Crippen molar-refractivity contribution in [3.8, 4) is 0 Å². The van der Waals surface area contributed by atoms with Crippen LogP contribution >= 0.6 is 11.6 Å². The van der Waals surface area contributed by atoms with Gasteiger partial charge in [-0.3, -0.25) is 9.36 Å². The normalized spacial score (nSPS) is 12.5. The molecule has 0 aliphatic rings. The van der Waals surface area contributed by atoms with Gasteiger partial charge in [-0.15, -0.1) is 0 Å². The van der Waals surface area contributed by atoms with E-state index in [2.05, 4.69) is 9.97 Å². The SMILES string of the molecule is CCCCS(=O)(=O)NC(=O)c1ccc2nc(C)n(C(N)c3ccc(C(=O)OCC)cc3Cl)c2n1. The number of nitrogens with zero attached hydrogens (tertiary/aromatic N) is 3. The number of nitrogens with one attached hydrogen (secondary N) is 1. The number of rotatable bonds is 9. The number of carbonyl (C=O) groups excluding carboxylic acids is 2. The molecule has 1 aromatic carbocycles. The fraction of sp³-hybridized carbons (Fsp3) is 0.364. The van der Waals surface area contributed by atoms with E-state index in [0.29, 0.717) is 29.7 Å². The number of ether oxygens (including phenoxy) is 1. The number of aryl methyl sites for hydroxylation is 1. The quantitative estimate of drug-likeness (QED) is 0.420. The Bertz CT molecular complexity index is 1340. The first-order valence-electron chi connectivity index (χ1n) is 10.7. The monoisotopic (exact) mass is 507 g/mol. The number of esters is 1. The number of amides is 1. The number of imidazole rings is 1. The van der Waals surface area contributed by atoms with Gasteiger partial charge in [0.2, 0.25) is 10.0 Å². The van der Waals surface area contributed by atoms with Crippen LogP contribution in [0.15, 0.2) is 30.3 Å². The molecule has 2 aromatic heterocycles. The number of pyridine rings is 1. The van der Waals surface area contributed by atoms with E-state index in [1.165, 1.54) is 12.1 Å². The van der Waals surface area contributed by atoms with Crippen LogP contribution in [0.1, 0.15) is 65.1 Å². The van der Waals surface area contributed by atoms with E-state index in [-0.39, 0.29) is 34.3 Å². The molecule has 0 spiro atoms. The predicted octanol–water partition coefficient (Wildman–Crippen LogP) is 2.94. The molecule has 0 radical (unpaired) electrons. The maximum absolute atomic E-state index is 12.6. The van der Waals surface area contributed by atoms with Gasteiger partial charge in [0.15, 0.2) is 5.65 Å². The Hall–Kier alpha value is -3.02. The van der Waals surface area contributed by atoms with Crippen LogP contribution in [0, 0.1) is 6.92 Å². The van der Waals surface area contributed by atoms with E-state index in [1.807, 2.05) is 11.6 Å². The van der Waals surface area contributed by atoms with E-state index < -0.39 is 28.1 Å². The molecule has 3 rings (SSSR count). The molecule has 12 heteroatoms. The molecule has 0 aliphatic carbocycles. The van der Waals surface area contributed by atoms with Crippen LogP contribution in [0.2, 0.25) is 5.02 Å². The van der Waals surface area contributed by atoms with Gasteiger partial charge in [0, 0.05) is 10.6 Å². The Kier molecular flexibility index (Phi) is 7.90. The molecular weight excluding hydrogens is 482 g/mol. The first-order chi connectivity index (χ1) is 16.1. The summed E-state index contributed by atoms with van der Waals surface area (Å²) in [7, 11) is -3.77. The number of carbonyl (C=O) groups is 2. The summed E-state index contributed by atoms with van der Waals surface area (Å²) >= 11 is 6.41. The topological polar surface area (TPSA) is 146 Å². The van der Waals surface area contributed by atoms with Crippen LogP contribution in [-0.4, -0.2) is 47.2 Å². The second kappa shape index (κ2) is 10.5. The van der Waals surface area contributed by atoms with E-state index >= 15 is 0 Å². The van der Waals surface area contributed by atoms with Crippen molar-refractivity contribution in [2.45, 2.75) is 39.8 Å². The molecule has 1 atom stereocenters. The third-order valence-electron chi connectivity index (χ3n) is 5.07. The van der Waals surface area contributed by atoms with Gasteiger partial charge in [-0.05, 0) is 44.5 Å². The van der Waals surface area contributed by atoms with E-state index in [0.717, 1.165) is 0 Å². The third-order valence-corrected chi connectivity index (χ3v) is 6.72. The van der Waals surface area contributed by atoms with Crippen molar-refractivity contribution in [3.05, 3.63) is 58.0 Å². The average Bonchev–Trinajstić information content (AvgIpc) is 3.11. The lowest BCUT2D eigenvalue weighted by Crippen LogP contribution is -2.33. The maximum atomic E-state index is 12.6. The zero-order chi connectivity index (χ0) is 25.0. The molecule has 182 valence electrons. The summed E-state index contributed by atoms with van der Waals surface area (Å²) in [6, 6.07) is 7.60. The molecule has 0 saturated carbocycles. The molecule has 3 aromatic rings. The smallest absolute Gasteiger partial charge is 0.338 e. The molecule has 3 N–H and O–H groups in total. The zero-order valence-electron chi connectivity index (χ0n) is 19.0. The number of fused-ring (bicyclic) bond motifs is 1. The standard InChI is InChI=1S/C22H26ClN5O5S/c1-4-6-11-34(31,32)27-21(29)18-10-9-17-20(26-18)28(13(3)25-17)19(24)15-8-7-14(12-16(15)23)22(30)33-5-2/h7-10,12,19H,4-6,11,24H2,1-3H3,(H,27,29). The van der Waals surface area contributed by atoms with Gasteiger partial charge in [0.05, 0.1) is 17.9 Å². The van der Waals surface area contributed by atoms with Crippen molar-refractivity contribution in [3.63, 3.8) is 0 Å². The molecule has 1 unspecified atom stereocenters. The number of sulfonamides is 1. The van der Waals surface area contributed by atoms with Gasteiger partial charge in [-0.25, -0.2) is 27.9 Å². The summed E-state index contributed by atoms with van der Waals surface area (Å²) in [6.45, 7) is 5.52. The van der Waals surface area contributed by atoms with Crippen molar-refractivity contribution in [2.24, 2.45) is 5.73 Å². The molecule has 0 aliphatic heterocycles. The minimum absolute atomic E-state index is 0.0929. The van der Waals surface area contributed by atoms with Crippen LogP contribution in [0.5, 0.6) is 0 Å². The van der Waals surface area contributed by atoms with Crippen molar-refractivity contribution in [2.75, 3.05) is 12.4 Å².